The minimum atomic E-state index is -4.01. The van der Waals surface area contributed by atoms with Crippen molar-refractivity contribution < 1.29 is 22.3 Å². The third-order valence-electron chi connectivity index (χ3n) is 5.28. The number of piperidine rings is 1. The molecule has 1 amide bonds. The SMILES string of the molecule is COc1ccc(CNC(=O)[C@@]2(C)CCCN(S(=O)(=O)c3ccccc3F)C2)cc1. The van der Waals surface area contributed by atoms with Crippen LogP contribution in [0.25, 0.3) is 0 Å². The number of benzene rings is 2. The fourth-order valence-corrected chi connectivity index (χ4v) is 5.18. The molecule has 0 radical (unpaired) electrons. The Morgan fingerprint density at radius 2 is 1.90 bits per heavy atom. The van der Waals surface area contributed by atoms with Gasteiger partial charge < -0.3 is 10.1 Å². The van der Waals surface area contributed by atoms with E-state index in [-0.39, 0.29) is 23.9 Å². The van der Waals surface area contributed by atoms with Gasteiger partial charge >= 0.3 is 0 Å². The van der Waals surface area contributed by atoms with Crippen molar-refractivity contribution in [2.75, 3.05) is 20.2 Å². The summed E-state index contributed by atoms with van der Waals surface area (Å²) in [6.07, 6.45) is 1.09. The normalized spacial score (nSPS) is 20.2. The van der Waals surface area contributed by atoms with Crippen molar-refractivity contribution in [1.82, 2.24) is 9.62 Å². The van der Waals surface area contributed by atoms with Gasteiger partial charge in [0.25, 0.3) is 0 Å². The molecule has 0 spiro atoms. The number of amides is 1. The summed E-state index contributed by atoms with van der Waals surface area (Å²) in [6, 6.07) is 12.6. The van der Waals surface area contributed by atoms with Gasteiger partial charge in [-0.25, -0.2) is 12.8 Å². The molecule has 8 heteroatoms. The zero-order chi connectivity index (χ0) is 21.1. The van der Waals surface area contributed by atoms with Crippen LogP contribution >= 0.6 is 0 Å². The highest BCUT2D eigenvalue weighted by atomic mass is 32.2. The molecule has 1 fully saturated rings. The van der Waals surface area contributed by atoms with Crippen molar-refractivity contribution in [2.24, 2.45) is 5.41 Å². The number of sulfonamides is 1. The molecule has 2 aromatic carbocycles. The molecule has 6 nitrogen and oxygen atoms in total. The number of ether oxygens (including phenoxy) is 1. The predicted octanol–water partition coefficient (Wildman–Crippen LogP) is 2.94. The molecule has 0 aliphatic carbocycles. The first kappa shape index (κ1) is 21.3. The highest BCUT2D eigenvalue weighted by molar-refractivity contribution is 7.89. The standard InChI is InChI=1S/C21H25FN2O4S/c1-21(20(25)23-14-16-8-10-17(28-2)11-9-16)12-5-13-24(15-21)29(26,27)19-7-4-3-6-18(19)22/h3-4,6-11H,5,12-15H2,1-2H3,(H,23,25)/t21-/m0/s1. The van der Waals surface area contributed by atoms with E-state index in [2.05, 4.69) is 5.32 Å². The van der Waals surface area contributed by atoms with Crippen LogP contribution in [0.3, 0.4) is 0 Å². The lowest BCUT2D eigenvalue weighted by Gasteiger charge is -2.38. The second-order valence-electron chi connectivity index (χ2n) is 7.46. The molecule has 3 rings (SSSR count). The molecule has 1 aliphatic rings. The van der Waals surface area contributed by atoms with E-state index in [0.717, 1.165) is 17.4 Å². The summed E-state index contributed by atoms with van der Waals surface area (Å²) >= 11 is 0. The lowest BCUT2D eigenvalue weighted by Crippen LogP contribution is -2.51. The second-order valence-corrected chi connectivity index (χ2v) is 9.37. The van der Waals surface area contributed by atoms with Gasteiger partial charge in [0, 0.05) is 19.6 Å². The molecule has 1 saturated heterocycles. The number of carbonyl (C=O) groups is 1. The van der Waals surface area contributed by atoms with Gasteiger partial charge in [-0.1, -0.05) is 24.3 Å². The van der Waals surface area contributed by atoms with Crippen LogP contribution < -0.4 is 10.1 Å². The topological polar surface area (TPSA) is 75.7 Å². The summed E-state index contributed by atoms with van der Waals surface area (Å²) in [6.45, 7) is 2.36. The molecule has 0 bridgehead atoms. The van der Waals surface area contributed by atoms with Crippen LogP contribution in [0.4, 0.5) is 4.39 Å². The summed E-state index contributed by atoms with van der Waals surface area (Å²) in [7, 11) is -2.42. The Bertz CT molecular complexity index is 978. The van der Waals surface area contributed by atoms with Gasteiger partial charge in [0.1, 0.15) is 16.5 Å². The van der Waals surface area contributed by atoms with Gasteiger partial charge in [-0.2, -0.15) is 4.31 Å². The Morgan fingerprint density at radius 3 is 2.55 bits per heavy atom. The number of hydrogen-bond acceptors (Lipinski definition) is 4. The smallest absolute Gasteiger partial charge is 0.246 e. The summed E-state index contributed by atoms with van der Waals surface area (Å²) in [5.74, 6) is -0.279. The molecule has 1 heterocycles. The van der Waals surface area contributed by atoms with Crippen LogP contribution in [0.5, 0.6) is 5.75 Å². The van der Waals surface area contributed by atoms with Gasteiger partial charge in [0.15, 0.2) is 0 Å². The fraction of sp³-hybridized carbons (Fsp3) is 0.381. The lowest BCUT2D eigenvalue weighted by atomic mass is 9.82. The average molecular weight is 421 g/mol. The van der Waals surface area contributed by atoms with Crippen LogP contribution in [-0.4, -0.2) is 38.8 Å². The summed E-state index contributed by atoms with van der Waals surface area (Å²) < 4.78 is 46.2. The molecule has 0 aromatic heterocycles. The highest BCUT2D eigenvalue weighted by Gasteiger charge is 2.42. The first-order valence-corrected chi connectivity index (χ1v) is 10.9. The van der Waals surface area contributed by atoms with E-state index in [1.807, 2.05) is 24.3 Å². The molecule has 1 N–H and O–H groups in total. The summed E-state index contributed by atoms with van der Waals surface area (Å²) in [5, 5.41) is 2.89. The first-order valence-electron chi connectivity index (χ1n) is 9.42. The number of nitrogens with zero attached hydrogens (tertiary/aromatic N) is 1. The van der Waals surface area contributed by atoms with Crippen LogP contribution in [0.1, 0.15) is 25.3 Å². The predicted molar refractivity (Wildman–Crippen MR) is 107 cm³/mol. The number of nitrogens with one attached hydrogen (secondary N) is 1. The molecule has 156 valence electrons. The summed E-state index contributed by atoms with van der Waals surface area (Å²) in [5.41, 5.74) is 0.0256. The third kappa shape index (κ3) is 4.59. The van der Waals surface area contributed by atoms with Crippen molar-refractivity contribution >= 4 is 15.9 Å². The van der Waals surface area contributed by atoms with Crippen LogP contribution in [0, 0.1) is 11.2 Å². The van der Waals surface area contributed by atoms with Crippen LogP contribution in [-0.2, 0) is 21.4 Å². The molecule has 1 atom stereocenters. The van der Waals surface area contributed by atoms with E-state index in [1.165, 1.54) is 22.5 Å². The zero-order valence-electron chi connectivity index (χ0n) is 16.5. The molecule has 0 saturated carbocycles. The number of rotatable bonds is 6. The van der Waals surface area contributed by atoms with E-state index in [4.69, 9.17) is 4.74 Å². The average Bonchev–Trinajstić information content (AvgIpc) is 2.72. The van der Waals surface area contributed by atoms with E-state index >= 15 is 0 Å². The second kappa shape index (κ2) is 8.51. The Kier molecular flexibility index (Phi) is 6.24. The Labute approximate surface area is 170 Å². The lowest BCUT2D eigenvalue weighted by molar-refractivity contribution is -0.132. The molecule has 0 unspecified atom stereocenters. The quantitative estimate of drug-likeness (QED) is 0.780. The van der Waals surface area contributed by atoms with E-state index < -0.39 is 21.3 Å². The monoisotopic (exact) mass is 420 g/mol. The minimum Gasteiger partial charge on any atom is -0.497 e. The van der Waals surface area contributed by atoms with Crippen molar-refractivity contribution in [1.29, 1.82) is 0 Å². The number of halogens is 1. The number of carbonyl (C=O) groups excluding carboxylic acids is 1. The minimum absolute atomic E-state index is 0.0120. The molecule has 29 heavy (non-hydrogen) atoms. The Hall–Kier alpha value is -2.45. The summed E-state index contributed by atoms with van der Waals surface area (Å²) in [4.78, 5) is 12.5. The van der Waals surface area contributed by atoms with E-state index in [1.54, 1.807) is 14.0 Å². The molecule has 1 aliphatic heterocycles. The molecular formula is C21H25FN2O4S. The Balaban J connectivity index is 1.70. The zero-order valence-corrected chi connectivity index (χ0v) is 17.3. The number of hydrogen-bond donors (Lipinski definition) is 1. The van der Waals surface area contributed by atoms with Crippen molar-refractivity contribution in [3.8, 4) is 5.75 Å². The maximum Gasteiger partial charge on any atom is 0.246 e. The van der Waals surface area contributed by atoms with Gasteiger partial charge in [-0.05, 0) is 49.6 Å². The van der Waals surface area contributed by atoms with Gasteiger partial charge in [-0.15, -0.1) is 0 Å². The van der Waals surface area contributed by atoms with Crippen LogP contribution in [0.2, 0.25) is 0 Å². The van der Waals surface area contributed by atoms with E-state index in [0.29, 0.717) is 19.4 Å². The van der Waals surface area contributed by atoms with Crippen LogP contribution in [0.15, 0.2) is 53.4 Å². The Morgan fingerprint density at radius 1 is 1.21 bits per heavy atom. The maximum atomic E-state index is 14.1. The highest BCUT2D eigenvalue weighted by Crippen LogP contribution is 2.33. The maximum absolute atomic E-state index is 14.1. The molecule has 2 aromatic rings. The van der Waals surface area contributed by atoms with Gasteiger partial charge in [-0.3, -0.25) is 4.79 Å². The number of methoxy groups -OCH3 is 1. The van der Waals surface area contributed by atoms with Crippen molar-refractivity contribution in [3.05, 3.63) is 59.9 Å². The largest absolute Gasteiger partial charge is 0.497 e. The van der Waals surface area contributed by atoms with Crippen molar-refractivity contribution in [3.63, 3.8) is 0 Å². The van der Waals surface area contributed by atoms with Crippen molar-refractivity contribution in [2.45, 2.75) is 31.2 Å². The van der Waals surface area contributed by atoms with Gasteiger partial charge in [0.05, 0.1) is 12.5 Å². The first-order chi connectivity index (χ1) is 13.8. The van der Waals surface area contributed by atoms with Gasteiger partial charge in [0.2, 0.25) is 15.9 Å². The molecular weight excluding hydrogens is 395 g/mol. The third-order valence-corrected chi connectivity index (χ3v) is 7.15. The fourth-order valence-electron chi connectivity index (χ4n) is 3.52. The van der Waals surface area contributed by atoms with E-state index in [9.17, 15) is 17.6 Å².